The van der Waals surface area contributed by atoms with Crippen molar-refractivity contribution in [1.29, 1.82) is 0 Å². The number of likely N-dealkylation sites (N-methyl/N-ethyl adjacent to an activating group) is 2. The van der Waals surface area contributed by atoms with Crippen LogP contribution < -0.4 is 5.73 Å². The number of primary amides is 1. The van der Waals surface area contributed by atoms with Gasteiger partial charge < -0.3 is 30.1 Å². The third-order valence-corrected chi connectivity index (χ3v) is 5.53. The highest BCUT2D eigenvalue weighted by Gasteiger charge is 2.36. The van der Waals surface area contributed by atoms with Gasteiger partial charge in [-0.3, -0.25) is 14.4 Å². The Bertz CT molecular complexity index is 541. The summed E-state index contributed by atoms with van der Waals surface area (Å²) in [6.45, 7) is 6.51. The molecule has 0 saturated heterocycles. The third-order valence-electron chi connectivity index (χ3n) is 4.53. The molecule has 0 rings (SSSR count). The van der Waals surface area contributed by atoms with Crippen LogP contribution in [0.25, 0.3) is 0 Å². The average molecular weight is 450 g/mol. The number of carbonyl (C=O) groups is 3. The first-order chi connectivity index (χ1) is 14.0. The van der Waals surface area contributed by atoms with Gasteiger partial charge in [0.25, 0.3) is 0 Å². The molecule has 2 atom stereocenters. The number of nitrogens with zero attached hydrogens (tertiary/aromatic N) is 2. The first kappa shape index (κ1) is 28.6. The minimum atomic E-state index is -1.18. The molecule has 3 amide bonds. The molecule has 0 aliphatic heterocycles. The smallest absolute Gasteiger partial charge is 0.246 e. The van der Waals surface area contributed by atoms with Crippen molar-refractivity contribution in [2.24, 2.45) is 5.73 Å². The van der Waals surface area contributed by atoms with Gasteiger partial charge in [-0.05, 0) is 20.3 Å². The monoisotopic (exact) mass is 449 g/mol. The predicted molar refractivity (Wildman–Crippen MR) is 118 cm³/mol. The number of hydrogen-bond acceptors (Lipinski definition) is 7. The molecular weight excluding hydrogens is 410 g/mol. The van der Waals surface area contributed by atoms with Crippen LogP contribution in [0.4, 0.5) is 0 Å². The van der Waals surface area contributed by atoms with E-state index in [1.165, 1.54) is 28.6 Å². The molecule has 0 spiro atoms. The predicted octanol–water partition coefficient (Wildman–Crippen LogP) is 0.483. The van der Waals surface area contributed by atoms with E-state index in [0.717, 1.165) is 0 Å². The molecule has 0 fully saturated rings. The highest BCUT2D eigenvalue weighted by atomic mass is 32.2. The zero-order valence-corrected chi connectivity index (χ0v) is 20.0. The quantitative estimate of drug-likeness (QED) is 0.329. The van der Waals surface area contributed by atoms with Gasteiger partial charge in [-0.15, -0.1) is 0 Å². The first-order valence-corrected chi connectivity index (χ1v) is 11.3. The first-order valence-electron chi connectivity index (χ1n) is 10.1. The highest BCUT2D eigenvalue weighted by Crippen LogP contribution is 2.18. The van der Waals surface area contributed by atoms with Crippen molar-refractivity contribution in [3.05, 3.63) is 0 Å². The van der Waals surface area contributed by atoms with E-state index in [4.69, 9.17) is 15.2 Å². The van der Waals surface area contributed by atoms with Crippen LogP contribution in [-0.2, 0) is 23.9 Å². The van der Waals surface area contributed by atoms with Gasteiger partial charge in [-0.25, -0.2) is 0 Å². The number of thioether (sulfide) groups is 1. The van der Waals surface area contributed by atoms with E-state index in [-0.39, 0.29) is 18.2 Å². The minimum absolute atomic E-state index is 0.00436. The second-order valence-corrected chi connectivity index (χ2v) is 8.98. The van der Waals surface area contributed by atoms with Crippen molar-refractivity contribution in [2.75, 3.05) is 52.5 Å². The zero-order valence-electron chi connectivity index (χ0n) is 19.2. The van der Waals surface area contributed by atoms with Gasteiger partial charge in [0.15, 0.2) is 0 Å². The van der Waals surface area contributed by atoms with Crippen LogP contribution in [0.15, 0.2) is 0 Å². The van der Waals surface area contributed by atoms with E-state index in [1.54, 1.807) is 28.0 Å². The summed E-state index contributed by atoms with van der Waals surface area (Å²) < 4.78 is 10.3. The van der Waals surface area contributed by atoms with Gasteiger partial charge in [0.1, 0.15) is 12.1 Å². The molecule has 0 aliphatic carbocycles. The summed E-state index contributed by atoms with van der Waals surface area (Å²) in [5.41, 5.74) is 4.31. The van der Waals surface area contributed by atoms with Crippen LogP contribution in [0.2, 0.25) is 0 Å². The Kier molecular flexibility index (Phi) is 13.9. The number of carbonyl (C=O) groups excluding carboxylic acids is 3. The second-order valence-electron chi connectivity index (χ2n) is 7.83. The lowest BCUT2D eigenvalue weighted by Gasteiger charge is -2.35. The van der Waals surface area contributed by atoms with E-state index >= 15 is 0 Å². The fourth-order valence-electron chi connectivity index (χ4n) is 2.76. The summed E-state index contributed by atoms with van der Waals surface area (Å²) in [6, 6.07) is -1.72. The molecule has 3 N–H and O–H groups in total. The maximum Gasteiger partial charge on any atom is 0.246 e. The lowest BCUT2D eigenvalue weighted by atomic mass is 9.97. The van der Waals surface area contributed by atoms with Crippen molar-refractivity contribution >= 4 is 29.5 Å². The molecule has 0 aliphatic rings. The van der Waals surface area contributed by atoms with Crippen molar-refractivity contribution < 1.29 is 29.0 Å². The Labute approximate surface area is 184 Å². The Morgan fingerprint density at radius 2 is 1.73 bits per heavy atom. The number of methoxy groups -OCH3 is 1. The maximum absolute atomic E-state index is 13.2. The van der Waals surface area contributed by atoms with Crippen LogP contribution >= 0.6 is 11.8 Å². The molecule has 176 valence electrons. The second kappa shape index (κ2) is 14.6. The largest absolute Gasteiger partial charge is 0.390 e. The van der Waals surface area contributed by atoms with Crippen LogP contribution in [-0.4, -0.2) is 103 Å². The van der Waals surface area contributed by atoms with Gasteiger partial charge in [-0.1, -0.05) is 6.92 Å². The Hall–Kier alpha value is -1.36. The fraction of sp³-hybridized carbons (Fsp3) is 0.850. The SMILES string of the molecule is CCCC(=O)N(C)[C@H](CSCCOCCOC)C(=O)N(C)[C@@H](CC(C)(C)O)C(N)=O. The lowest BCUT2D eigenvalue weighted by molar-refractivity contribution is -0.147. The molecule has 0 bridgehead atoms. The van der Waals surface area contributed by atoms with Gasteiger partial charge in [-0.2, -0.15) is 11.8 Å². The summed E-state index contributed by atoms with van der Waals surface area (Å²) in [5, 5.41) is 10.1. The molecular formula is C20H39N3O6S. The molecule has 0 radical (unpaired) electrons. The lowest BCUT2D eigenvalue weighted by Crippen LogP contribution is -2.56. The van der Waals surface area contributed by atoms with Gasteiger partial charge in [0.2, 0.25) is 17.7 Å². The summed E-state index contributed by atoms with van der Waals surface area (Å²) in [4.78, 5) is 40.3. The standard InChI is InChI=1S/C20H39N3O6S/c1-7-8-17(24)22(4)16(14-30-12-11-29-10-9-28-6)19(26)23(5)15(18(21)25)13-20(2,3)27/h15-16,27H,7-14H2,1-6H3,(H2,21,25)/t15-,16+/m0/s1. The minimum Gasteiger partial charge on any atom is -0.390 e. The number of ether oxygens (including phenoxy) is 2. The molecule has 9 nitrogen and oxygen atoms in total. The van der Waals surface area contributed by atoms with Gasteiger partial charge in [0, 0.05) is 45.6 Å². The fourth-order valence-corrected chi connectivity index (χ4v) is 3.75. The summed E-state index contributed by atoms with van der Waals surface area (Å²) >= 11 is 1.49. The van der Waals surface area contributed by atoms with Crippen molar-refractivity contribution in [1.82, 2.24) is 9.80 Å². The molecule has 30 heavy (non-hydrogen) atoms. The average Bonchev–Trinajstić information content (AvgIpc) is 2.66. The number of rotatable bonds is 16. The maximum atomic E-state index is 13.2. The van der Waals surface area contributed by atoms with E-state index in [0.29, 0.717) is 44.2 Å². The molecule has 0 unspecified atom stereocenters. The normalized spacial score (nSPS) is 13.6. The Morgan fingerprint density at radius 3 is 2.23 bits per heavy atom. The van der Waals surface area contributed by atoms with Crippen molar-refractivity contribution in [3.63, 3.8) is 0 Å². The third kappa shape index (κ3) is 11.1. The summed E-state index contributed by atoms with van der Waals surface area (Å²) in [7, 11) is 4.68. The molecule has 0 aromatic rings. The van der Waals surface area contributed by atoms with Crippen LogP contribution in [0.3, 0.4) is 0 Å². The van der Waals surface area contributed by atoms with E-state index in [2.05, 4.69) is 0 Å². The Morgan fingerprint density at radius 1 is 1.10 bits per heavy atom. The molecule has 0 heterocycles. The van der Waals surface area contributed by atoms with Crippen molar-refractivity contribution in [2.45, 2.75) is 57.7 Å². The van der Waals surface area contributed by atoms with Crippen LogP contribution in [0, 0.1) is 0 Å². The highest BCUT2D eigenvalue weighted by molar-refractivity contribution is 7.99. The summed E-state index contributed by atoms with van der Waals surface area (Å²) in [6.07, 6.45) is 1.01. The van der Waals surface area contributed by atoms with Crippen LogP contribution in [0.1, 0.15) is 40.0 Å². The van der Waals surface area contributed by atoms with Gasteiger partial charge >= 0.3 is 0 Å². The topological polar surface area (TPSA) is 122 Å². The number of hydrogen-bond donors (Lipinski definition) is 2. The number of aliphatic hydroxyl groups is 1. The summed E-state index contributed by atoms with van der Waals surface area (Å²) in [5.74, 6) is -0.220. The molecule has 0 saturated carbocycles. The molecule has 0 aromatic heterocycles. The van der Waals surface area contributed by atoms with Crippen molar-refractivity contribution in [3.8, 4) is 0 Å². The number of nitrogens with two attached hydrogens (primary N) is 1. The van der Waals surface area contributed by atoms with E-state index in [9.17, 15) is 19.5 Å². The van der Waals surface area contributed by atoms with E-state index < -0.39 is 23.6 Å². The zero-order chi connectivity index (χ0) is 23.3. The van der Waals surface area contributed by atoms with Gasteiger partial charge in [0.05, 0.1) is 25.4 Å². The van der Waals surface area contributed by atoms with E-state index in [1.807, 2.05) is 6.92 Å². The molecule has 10 heteroatoms. The number of amides is 3. The Balaban J connectivity index is 5.23. The molecule has 0 aromatic carbocycles. The van der Waals surface area contributed by atoms with Crippen LogP contribution in [0.5, 0.6) is 0 Å².